The Bertz CT molecular complexity index is 802. The third-order valence-corrected chi connectivity index (χ3v) is 7.56. The Hall–Kier alpha value is -1.68. The van der Waals surface area contributed by atoms with E-state index in [0.29, 0.717) is 5.69 Å². The fourth-order valence-corrected chi connectivity index (χ4v) is 5.13. The largest absolute Gasteiger partial charge is 0.375 e. The monoisotopic (exact) mass is 443 g/mol. The molecular weight excluding hydrogens is 398 g/mol. The van der Waals surface area contributed by atoms with Crippen LogP contribution in [-0.4, -0.2) is 24.0 Å². The highest BCUT2D eigenvalue weighted by Gasteiger charge is 2.60. The topological polar surface area (TPSA) is 46.6 Å². The summed E-state index contributed by atoms with van der Waals surface area (Å²) in [5, 5.41) is 0. The van der Waals surface area contributed by atoms with Gasteiger partial charge >= 0.3 is 0 Å². The van der Waals surface area contributed by atoms with E-state index in [4.69, 9.17) is 4.74 Å². The average Bonchev–Trinajstić information content (AvgIpc) is 2.91. The van der Waals surface area contributed by atoms with Crippen LogP contribution in [0.5, 0.6) is 0 Å². The summed E-state index contributed by atoms with van der Waals surface area (Å²) >= 11 is 0. The van der Waals surface area contributed by atoms with Crippen molar-refractivity contribution in [2.45, 2.75) is 94.8 Å². The first-order chi connectivity index (χ1) is 14.5. The van der Waals surface area contributed by atoms with E-state index in [1.165, 1.54) is 4.90 Å². The molecule has 3 unspecified atom stereocenters. The molecular formula is C28H45NO3. The smallest absolute Gasteiger partial charge is 0.238 e. The molecule has 180 valence electrons. The summed E-state index contributed by atoms with van der Waals surface area (Å²) < 4.78 is 6.50. The minimum atomic E-state index is -0.469. The zero-order valence-electron chi connectivity index (χ0n) is 22.2. The first-order valence-electron chi connectivity index (χ1n) is 12.1. The highest BCUT2D eigenvalue weighted by Crippen LogP contribution is 2.56. The molecule has 0 spiro atoms. The lowest BCUT2D eigenvalue weighted by Crippen LogP contribution is -2.53. The first kappa shape index (κ1) is 26.6. The Kier molecular flexibility index (Phi) is 7.71. The molecule has 0 radical (unpaired) electrons. The maximum Gasteiger partial charge on any atom is 0.238 e. The number of carbonyl (C=O) groups is 2. The minimum Gasteiger partial charge on any atom is -0.375 e. The number of carbonyl (C=O) groups excluding carboxylic acids is 2. The van der Waals surface area contributed by atoms with Gasteiger partial charge in [-0.15, -0.1) is 0 Å². The maximum absolute atomic E-state index is 13.9. The molecule has 2 rings (SSSR count). The van der Waals surface area contributed by atoms with Crippen LogP contribution in [0.2, 0.25) is 0 Å². The van der Waals surface area contributed by atoms with Crippen molar-refractivity contribution in [2.75, 3.05) is 4.90 Å². The molecule has 0 N–H and O–H groups in total. The predicted octanol–water partition coefficient (Wildman–Crippen LogP) is 6.73. The number of imide groups is 1. The molecule has 3 atom stereocenters. The second-order valence-corrected chi connectivity index (χ2v) is 12.5. The van der Waals surface area contributed by atoms with Gasteiger partial charge in [0.15, 0.2) is 0 Å². The van der Waals surface area contributed by atoms with Gasteiger partial charge in [0.05, 0.1) is 29.7 Å². The van der Waals surface area contributed by atoms with E-state index in [-0.39, 0.29) is 46.7 Å². The van der Waals surface area contributed by atoms with Crippen molar-refractivity contribution < 1.29 is 14.3 Å². The van der Waals surface area contributed by atoms with Crippen molar-refractivity contribution in [2.24, 2.45) is 34.0 Å². The molecule has 0 saturated carbocycles. The standard InChI is InChI=1S/C28H45NO3/c1-18(2)22-23(25(31)29(24(22)30)20-15-13-12-14-16-20)28(10,11)27(8,9)21(32-19(3)4)17-26(5,6)7/h12-16,18-19,21-23H,17H2,1-11H3. The fourth-order valence-electron chi connectivity index (χ4n) is 5.13. The van der Waals surface area contributed by atoms with Crippen molar-refractivity contribution in [3.8, 4) is 0 Å². The lowest BCUT2D eigenvalue weighted by molar-refractivity contribution is -0.152. The van der Waals surface area contributed by atoms with Gasteiger partial charge in [0.2, 0.25) is 11.8 Å². The lowest BCUT2D eigenvalue weighted by Gasteiger charge is -2.52. The Balaban J connectivity index is 2.56. The van der Waals surface area contributed by atoms with Crippen molar-refractivity contribution in [1.82, 2.24) is 0 Å². The SMILES string of the molecule is CC(C)OC(CC(C)(C)C)C(C)(C)C(C)(C)C1C(=O)N(c2ccccc2)C(=O)C1C(C)C. The number of benzene rings is 1. The molecule has 4 heteroatoms. The number of hydrogen-bond acceptors (Lipinski definition) is 3. The molecule has 0 aromatic heterocycles. The van der Waals surface area contributed by atoms with Crippen molar-refractivity contribution in [3.05, 3.63) is 30.3 Å². The van der Waals surface area contributed by atoms with E-state index >= 15 is 0 Å². The van der Waals surface area contributed by atoms with Crippen molar-refractivity contribution in [3.63, 3.8) is 0 Å². The van der Waals surface area contributed by atoms with E-state index < -0.39 is 11.3 Å². The fraction of sp³-hybridized carbons (Fsp3) is 0.714. The van der Waals surface area contributed by atoms with E-state index in [0.717, 1.165) is 6.42 Å². The molecule has 1 saturated heterocycles. The molecule has 1 aromatic carbocycles. The van der Waals surface area contributed by atoms with Crippen LogP contribution in [0, 0.1) is 34.0 Å². The van der Waals surface area contributed by atoms with Crippen LogP contribution in [-0.2, 0) is 14.3 Å². The Morgan fingerprint density at radius 2 is 1.41 bits per heavy atom. The predicted molar refractivity (Wildman–Crippen MR) is 132 cm³/mol. The van der Waals surface area contributed by atoms with E-state index in [9.17, 15) is 9.59 Å². The van der Waals surface area contributed by atoms with Crippen LogP contribution >= 0.6 is 0 Å². The lowest BCUT2D eigenvalue weighted by atomic mass is 9.54. The number of ether oxygens (including phenoxy) is 1. The van der Waals surface area contributed by atoms with Crippen molar-refractivity contribution >= 4 is 17.5 Å². The Labute approximate surface area is 196 Å². The summed E-state index contributed by atoms with van der Waals surface area (Å²) in [7, 11) is 0. The highest BCUT2D eigenvalue weighted by molar-refractivity contribution is 6.22. The van der Waals surface area contributed by atoms with Gasteiger partial charge in [-0.3, -0.25) is 14.5 Å². The number of rotatable bonds is 8. The minimum absolute atomic E-state index is 0.0426. The third-order valence-electron chi connectivity index (χ3n) is 7.56. The van der Waals surface area contributed by atoms with E-state index in [2.05, 4.69) is 76.2 Å². The molecule has 2 amide bonds. The second-order valence-electron chi connectivity index (χ2n) is 12.5. The number of para-hydroxylation sites is 1. The van der Waals surface area contributed by atoms with Gasteiger partial charge in [0.25, 0.3) is 0 Å². The van der Waals surface area contributed by atoms with Gasteiger partial charge in [0, 0.05) is 0 Å². The number of hydrogen-bond donors (Lipinski definition) is 0. The van der Waals surface area contributed by atoms with Crippen LogP contribution in [0.1, 0.15) is 82.6 Å². The van der Waals surface area contributed by atoms with E-state index in [1.54, 1.807) is 0 Å². The second kappa shape index (κ2) is 9.29. The molecule has 0 bridgehead atoms. The summed E-state index contributed by atoms with van der Waals surface area (Å²) in [6.45, 7) is 23.7. The molecule has 32 heavy (non-hydrogen) atoms. The zero-order chi connectivity index (χ0) is 24.6. The van der Waals surface area contributed by atoms with Crippen LogP contribution < -0.4 is 4.90 Å². The van der Waals surface area contributed by atoms with Gasteiger partial charge in [-0.05, 0) is 54.6 Å². The number of amides is 2. The van der Waals surface area contributed by atoms with Crippen LogP contribution in [0.15, 0.2) is 30.3 Å². The van der Waals surface area contributed by atoms with Gasteiger partial charge in [0.1, 0.15) is 0 Å². The van der Waals surface area contributed by atoms with Gasteiger partial charge in [-0.25, -0.2) is 0 Å². The van der Waals surface area contributed by atoms with Gasteiger partial charge in [-0.2, -0.15) is 0 Å². The van der Waals surface area contributed by atoms with Crippen LogP contribution in [0.25, 0.3) is 0 Å². The molecule has 1 aliphatic rings. The molecule has 0 aliphatic carbocycles. The molecule has 4 nitrogen and oxygen atoms in total. The Morgan fingerprint density at radius 1 is 0.875 bits per heavy atom. The molecule has 1 heterocycles. The van der Waals surface area contributed by atoms with Crippen molar-refractivity contribution in [1.29, 1.82) is 0 Å². The first-order valence-corrected chi connectivity index (χ1v) is 12.1. The Morgan fingerprint density at radius 3 is 1.84 bits per heavy atom. The quantitative estimate of drug-likeness (QED) is 0.418. The summed E-state index contributed by atoms with van der Waals surface area (Å²) in [5.41, 5.74) is -0.0712. The third kappa shape index (κ3) is 5.11. The summed E-state index contributed by atoms with van der Waals surface area (Å²) in [6, 6.07) is 9.34. The maximum atomic E-state index is 13.9. The number of anilines is 1. The molecule has 1 aromatic rings. The van der Waals surface area contributed by atoms with Gasteiger partial charge < -0.3 is 4.74 Å². The summed E-state index contributed by atoms with van der Waals surface area (Å²) in [5.74, 6) is -0.874. The average molecular weight is 444 g/mol. The van der Waals surface area contributed by atoms with E-state index in [1.807, 2.05) is 30.3 Å². The highest BCUT2D eigenvalue weighted by atomic mass is 16.5. The zero-order valence-corrected chi connectivity index (χ0v) is 22.2. The molecule has 1 aliphatic heterocycles. The summed E-state index contributed by atoms with van der Waals surface area (Å²) in [6.07, 6.45) is 0.921. The summed E-state index contributed by atoms with van der Waals surface area (Å²) in [4.78, 5) is 28.9. The number of nitrogens with zero attached hydrogens (tertiary/aromatic N) is 1. The van der Waals surface area contributed by atoms with Crippen LogP contribution in [0.3, 0.4) is 0 Å². The van der Waals surface area contributed by atoms with Gasteiger partial charge in [-0.1, -0.05) is 80.5 Å². The normalized spacial score (nSPS) is 21.7. The molecule has 1 fully saturated rings. The van der Waals surface area contributed by atoms with Crippen LogP contribution in [0.4, 0.5) is 5.69 Å².